The lowest BCUT2D eigenvalue weighted by Gasteiger charge is -2.25. The molecule has 0 aromatic carbocycles. The van der Waals surface area contributed by atoms with Gasteiger partial charge in [-0.1, -0.05) is 0 Å². The monoisotopic (exact) mass is 322 g/mol. The highest BCUT2D eigenvalue weighted by Gasteiger charge is 2.57. The zero-order valence-corrected chi connectivity index (χ0v) is 12.9. The van der Waals surface area contributed by atoms with Crippen LogP contribution in [0, 0.1) is 0 Å². The molecule has 4 N–H and O–H groups in total. The molecule has 3 rings (SSSR count). The third-order valence-electron chi connectivity index (χ3n) is 4.13. The summed E-state index contributed by atoms with van der Waals surface area (Å²) in [5, 5.41) is 13.0. The maximum absolute atomic E-state index is 12.1. The van der Waals surface area contributed by atoms with Gasteiger partial charge >= 0.3 is 0 Å². The van der Waals surface area contributed by atoms with E-state index >= 15 is 0 Å². The molecule has 10 nitrogen and oxygen atoms in total. The Kier molecular flexibility index (Phi) is 3.66. The van der Waals surface area contributed by atoms with E-state index in [9.17, 15) is 9.90 Å². The number of aliphatic hydroxyl groups is 1. The molecule has 23 heavy (non-hydrogen) atoms. The molecule has 2 aromatic heterocycles. The van der Waals surface area contributed by atoms with E-state index in [1.54, 1.807) is 4.57 Å². The zero-order valence-electron chi connectivity index (χ0n) is 12.9. The molecule has 124 valence electrons. The van der Waals surface area contributed by atoms with Gasteiger partial charge in [0.25, 0.3) is 5.91 Å². The predicted molar refractivity (Wildman–Crippen MR) is 79.1 cm³/mol. The fraction of sp³-hybridized carbons (Fsp3) is 0.538. The second-order valence-electron chi connectivity index (χ2n) is 5.42. The van der Waals surface area contributed by atoms with Gasteiger partial charge in [0.2, 0.25) is 0 Å². The normalized spacial score (nSPS) is 30.7. The Balaban J connectivity index is 2.07. The van der Waals surface area contributed by atoms with Crippen LogP contribution >= 0.6 is 0 Å². The van der Waals surface area contributed by atoms with Crippen LogP contribution in [0.4, 0.5) is 5.82 Å². The van der Waals surface area contributed by atoms with E-state index < -0.39 is 29.9 Å². The largest absolute Gasteiger partial charge is 0.387 e. The van der Waals surface area contributed by atoms with E-state index in [4.69, 9.17) is 15.2 Å². The number of nitrogens with one attached hydrogen (secondary N) is 1. The molecule has 2 unspecified atom stereocenters. The van der Waals surface area contributed by atoms with E-state index in [-0.39, 0.29) is 5.82 Å². The van der Waals surface area contributed by atoms with Gasteiger partial charge in [-0.25, -0.2) is 15.0 Å². The molecular weight excluding hydrogens is 304 g/mol. The molecule has 10 heteroatoms. The number of likely N-dealkylation sites (N-methyl/N-ethyl adjacent to an activating group) is 1. The number of nitrogens with zero attached hydrogens (tertiary/aromatic N) is 4. The highest BCUT2D eigenvalue weighted by Crippen LogP contribution is 2.39. The third-order valence-corrected chi connectivity index (χ3v) is 4.13. The maximum Gasteiger partial charge on any atom is 0.254 e. The number of carbonyl (C=O) groups is 1. The Morgan fingerprint density at radius 3 is 2.91 bits per heavy atom. The number of hydrogen-bond acceptors (Lipinski definition) is 8. The van der Waals surface area contributed by atoms with Crippen LogP contribution in [-0.4, -0.2) is 62.5 Å². The molecule has 1 fully saturated rings. The Labute approximate surface area is 131 Å². The number of ether oxygens (including phenoxy) is 2. The van der Waals surface area contributed by atoms with Crippen LogP contribution in [-0.2, 0) is 14.3 Å². The zero-order chi connectivity index (χ0) is 16.8. The summed E-state index contributed by atoms with van der Waals surface area (Å²) in [6.45, 7) is 1.50. The first-order chi connectivity index (χ1) is 10.9. The lowest BCUT2D eigenvalue weighted by atomic mass is 9.96. The van der Waals surface area contributed by atoms with Crippen LogP contribution in [0.15, 0.2) is 12.7 Å². The van der Waals surface area contributed by atoms with E-state index in [0.29, 0.717) is 11.2 Å². The Morgan fingerprint density at radius 1 is 1.52 bits per heavy atom. The van der Waals surface area contributed by atoms with Crippen molar-refractivity contribution in [2.75, 3.05) is 19.9 Å². The summed E-state index contributed by atoms with van der Waals surface area (Å²) < 4.78 is 12.8. The lowest BCUT2D eigenvalue weighted by molar-refractivity contribution is -0.154. The van der Waals surface area contributed by atoms with Gasteiger partial charge in [-0.15, -0.1) is 0 Å². The van der Waals surface area contributed by atoms with Crippen LogP contribution in [0.3, 0.4) is 0 Å². The number of carbonyl (C=O) groups excluding carboxylic acids is 1. The van der Waals surface area contributed by atoms with Crippen LogP contribution in [0.1, 0.15) is 13.2 Å². The van der Waals surface area contributed by atoms with Gasteiger partial charge in [0, 0.05) is 14.2 Å². The van der Waals surface area contributed by atoms with Crippen molar-refractivity contribution in [3.63, 3.8) is 0 Å². The van der Waals surface area contributed by atoms with Crippen molar-refractivity contribution in [1.29, 1.82) is 0 Å². The van der Waals surface area contributed by atoms with Crippen LogP contribution < -0.4 is 11.1 Å². The quantitative estimate of drug-likeness (QED) is 0.642. The highest BCUT2D eigenvalue weighted by atomic mass is 16.6. The molecule has 1 saturated heterocycles. The van der Waals surface area contributed by atoms with Crippen LogP contribution in [0.5, 0.6) is 0 Å². The average molecular weight is 322 g/mol. The molecular formula is C13H18N6O4. The predicted octanol–water partition coefficient (Wildman–Crippen LogP) is -1.18. The van der Waals surface area contributed by atoms with E-state index in [2.05, 4.69) is 20.3 Å². The molecule has 0 bridgehead atoms. The fourth-order valence-corrected chi connectivity index (χ4v) is 2.81. The van der Waals surface area contributed by atoms with Crippen molar-refractivity contribution in [1.82, 2.24) is 24.8 Å². The van der Waals surface area contributed by atoms with Gasteiger partial charge in [-0.3, -0.25) is 9.36 Å². The van der Waals surface area contributed by atoms with Crippen molar-refractivity contribution in [3.8, 4) is 0 Å². The maximum atomic E-state index is 12.1. The standard InChI is InChI=1S/C13H18N6O4/c1-13(12(21)15-2)8(20)7(22-3)11(23-13)19-5-18-6-9(14)16-4-17-10(6)19/h4-5,7-8,11,20H,1-3H3,(H,15,21)(H2,14,16,17)/t7?,8?,11-,13+/m1/s1. The molecule has 1 aliphatic rings. The molecule has 0 radical (unpaired) electrons. The number of imidazole rings is 1. The summed E-state index contributed by atoms with van der Waals surface area (Å²) in [4.78, 5) is 24.3. The molecule has 0 saturated carbocycles. The molecule has 1 amide bonds. The van der Waals surface area contributed by atoms with E-state index in [1.807, 2.05) is 0 Å². The first kappa shape index (κ1) is 15.6. The summed E-state index contributed by atoms with van der Waals surface area (Å²) in [5.74, 6) is -0.219. The highest BCUT2D eigenvalue weighted by molar-refractivity contribution is 5.86. The second kappa shape index (κ2) is 5.41. The van der Waals surface area contributed by atoms with E-state index in [1.165, 1.54) is 33.7 Å². The van der Waals surface area contributed by atoms with E-state index in [0.717, 1.165) is 0 Å². The van der Waals surface area contributed by atoms with Gasteiger partial charge in [-0.2, -0.15) is 0 Å². The second-order valence-corrected chi connectivity index (χ2v) is 5.42. The minimum Gasteiger partial charge on any atom is -0.387 e. The number of rotatable bonds is 3. The van der Waals surface area contributed by atoms with Crippen molar-refractivity contribution in [2.45, 2.75) is 31.0 Å². The molecule has 1 aliphatic heterocycles. The van der Waals surface area contributed by atoms with Crippen molar-refractivity contribution >= 4 is 22.9 Å². The Morgan fingerprint density at radius 2 is 2.26 bits per heavy atom. The number of methoxy groups -OCH3 is 1. The summed E-state index contributed by atoms with van der Waals surface area (Å²) in [5.41, 5.74) is 5.15. The molecule has 0 aliphatic carbocycles. The van der Waals surface area contributed by atoms with Crippen LogP contribution in [0.25, 0.3) is 11.2 Å². The summed E-state index contributed by atoms with van der Waals surface area (Å²) >= 11 is 0. The smallest absolute Gasteiger partial charge is 0.254 e. The number of aromatic nitrogens is 4. The average Bonchev–Trinajstić information content (AvgIpc) is 3.08. The van der Waals surface area contributed by atoms with Gasteiger partial charge in [0.15, 0.2) is 23.3 Å². The van der Waals surface area contributed by atoms with Crippen molar-refractivity contribution in [3.05, 3.63) is 12.7 Å². The lowest BCUT2D eigenvalue weighted by Crippen LogP contribution is -2.52. The first-order valence-corrected chi connectivity index (χ1v) is 6.98. The Hall–Kier alpha value is -2.30. The summed E-state index contributed by atoms with van der Waals surface area (Å²) in [6, 6.07) is 0. The van der Waals surface area contributed by atoms with Gasteiger partial charge in [0.05, 0.1) is 6.33 Å². The minimum absolute atomic E-state index is 0.232. The van der Waals surface area contributed by atoms with Gasteiger partial charge < -0.3 is 25.6 Å². The van der Waals surface area contributed by atoms with Gasteiger partial charge in [-0.05, 0) is 6.92 Å². The van der Waals surface area contributed by atoms with Crippen molar-refractivity contribution < 1.29 is 19.4 Å². The number of nitrogen functional groups attached to an aromatic ring is 1. The number of aliphatic hydroxyl groups excluding tert-OH is 1. The first-order valence-electron chi connectivity index (χ1n) is 6.98. The Bertz CT molecular complexity index is 749. The minimum atomic E-state index is -1.46. The number of nitrogens with two attached hydrogens (primary N) is 1. The number of hydrogen-bond donors (Lipinski definition) is 3. The summed E-state index contributed by atoms with van der Waals surface area (Å²) in [7, 11) is 2.90. The summed E-state index contributed by atoms with van der Waals surface area (Å²) in [6.07, 6.45) is 0.0203. The topological polar surface area (TPSA) is 137 Å². The number of amides is 1. The number of fused-ring (bicyclic) bond motifs is 1. The fourth-order valence-electron chi connectivity index (χ4n) is 2.81. The number of anilines is 1. The molecule has 0 spiro atoms. The van der Waals surface area contributed by atoms with Crippen LogP contribution in [0.2, 0.25) is 0 Å². The molecule has 4 atom stereocenters. The third kappa shape index (κ3) is 2.14. The SMILES string of the molecule is CNC(=O)[C@@]1(C)O[C@@H](n2cnc3c(N)ncnc32)C(OC)C1O. The molecule has 3 heterocycles. The van der Waals surface area contributed by atoms with Crippen molar-refractivity contribution in [2.24, 2.45) is 0 Å². The van der Waals surface area contributed by atoms with Gasteiger partial charge in [0.1, 0.15) is 24.1 Å². The molecule has 2 aromatic rings.